The van der Waals surface area contributed by atoms with Crippen molar-refractivity contribution in [2.45, 2.75) is 32.2 Å². The molecule has 2 rings (SSSR count). The molecule has 1 N–H and O–H groups in total. The van der Waals surface area contributed by atoms with Crippen molar-refractivity contribution in [2.75, 3.05) is 46.1 Å². The summed E-state index contributed by atoms with van der Waals surface area (Å²) in [6, 6.07) is 0. The van der Waals surface area contributed by atoms with Crippen molar-refractivity contribution in [1.82, 2.24) is 10.2 Å². The number of morpholine rings is 1. The zero-order valence-corrected chi connectivity index (χ0v) is 12.1. The van der Waals surface area contributed by atoms with Crippen molar-refractivity contribution < 1.29 is 14.3 Å². The van der Waals surface area contributed by atoms with Crippen LogP contribution in [0.4, 0.5) is 0 Å². The normalized spacial score (nSPS) is 25.5. The van der Waals surface area contributed by atoms with Crippen molar-refractivity contribution in [2.24, 2.45) is 5.92 Å². The lowest BCUT2D eigenvalue weighted by Crippen LogP contribution is -2.53. The molecule has 2 heterocycles. The third kappa shape index (κ3) is 5.09. The second-order valence-corrected chi connectivity index (χ2v) is 6.25. The molecule has 5 nitrogen and oxygen atoms in total. The number of nitrogens with one attached hydrogen (secondary N) is 1. The predicted octanol–water partition coefficient (Wildman–Crippen LogP) is 0.640. The van der Waals surface area contributed by atoms with Crippen LogP contribution in [0.3, 0.4) is 0 Å². The lowest BCUT2D eigenvalue weighted by molar-refractivity contribution is -0.124. The van der Waals surface area contributed by atoms with E-state index in [1.807, 2.05) is 0 Å². The molecule has 0 saturated carbocycles. The van der Waals surface area contributed by atoms with Gasteiger partial charge in [0, 0.05) is 44.8 Å². The number of amides is 1. The SMILES string of the molecule is CC(C)(CN1CCOCC1)NC(=O)CC1CCOC1. The Morgan fingerprint density at radius 3 is 2.63 bits per heavy atom. The minimum absolute atomic E-state index is 0.147. The average molecular weight is 270 g/mol. The summed E-state index contributed by atoms with van der Waals surface area (Å²) in [7, 11) is 0. The van der Waals surface area contributed by atoms with E-state index in [0.717, 1.165) is 52.5 Å². The van der Waals surface area contributed by atoms with E-state index in [0.29, 0.717) is 12.3 Å². The molecular weight excluding hydrogens is 244 g/mol. The fourth-order valence-electron chi connectivity index (χ4n) is 2.79. The summed E-state index contributed by atoms with van der Waals surface area (Å²) in [6.45, 7) is 10.1. The summed E-state index contributed by atoms with van der Waals surface area (Å²) in [5.74, 6) is 0.549. The van der Waals surface area contributed by atoms with Crippen LogP contribution >= 0.6 is 0 Å². The van der Waals surface area contributed by atoms with Crippen LogP contribution in [0.1, 0.15) is 26.7 Å². The minimum atomic E-state index is -0.187. The van der Waals surface area contributed by atoms with Gasteiger partial charge in [-0.05, 0) is 26.2 Å². The van der Waals surface area contributed by atoms with Gasteiger partial charge in [-0.3, -0.25) is 9.69 Å². The molecule has 2 aliphatic heterocycles. The summed E-state index contributed by atoms with van der Waals surface area (Å²) in [5, 5.41) is 3.15. The molecule has 5 heteroatoms. The van der Waals surface area contributed by atoms with E-state index in [4.69, 9.17) is 9.47 Å². The van der Waals surface area contributed by atoms with Crippen LogP contribution in [0, 0.1) is 5.92 Å². The Labute approximate surface area is 115 Å². The molecule has 1 unspecified atom stereocenters. The molecule has 0 aromatic rings. The van der Waals surface area contributed by atoms with Crippen LogP contribution in [0.5, 0.6) is 0 Å². The predicted molar refractivity (Wildman–Crippen MR) is 73.0 cm³/mol. The zero-order chi connectivity index (χ0) is 13.7. The number of hydrogen-bond acceptors (Lipinski definition) is 4. The van der Waals surface area contributed by atoms with Crippen molar-refractivity contribution in [3.63, 3.8) is 0 Å². The van der Waals surface area contributed by atoms with E-state index in [-0.39, 0.29) is 11.4 Å². The highest BCUT2D eigenvalue weighted by atomic mass is 16.5. The van der Waals surface area contributed by atoms with Gasteiger partial charge in [-0.2, -0.15) is 0 Å². The van der Waals surface area contributed by atoms with Crippen molar-refractivity contribution in [3.05, 3.63) is 0 Å². The van der Waals surface area contributed by atoms with Crippen LogP contribution in [0.25, 0.3) is 0 Å². The number of rotatable bonds is 5. The molecule has 110 valence electrons. The Hall–Kier alpha value is -0.650. The smallest absolute Gasteiger partial charge is 0.220 e. The fourth-order valence-corrected chi connectivity index (χ4v) is 2.79. The van der Waals surface area contributed by atoms with Crippen LogP contribution in [0.2, 0.25) is 0 Å². The van der Waals surface area contributed by atoms with Crippen molar-refractivity contribution in [3.8, 4) is 0 Å². The molecule has 2 fully saturated rings. The van der Waals surface area contributed by atoms with E-state index in [9.17, 15) is 4.79 Å². The van der Waals surface area contributed by atoms with Gasteiger partial charge in [0.1, 0.15) is 0 Å². The van der Waals surface area contributed by atoms with E-state index in [2.05, 4.69) is 24.1 Å². The van der Waals surface area contributed by atoms with Crippen molar-refractivity contribution >= 4 is 5.91 Å². The molecule has 0 aromatic heterocycles. The molecule has 0 aromatic carbocycles. The summed E-state index contributed by atoms with van der Waals surface area (Å²) in [4.78, 5) is 14.4. The lowest BCUT2D eigenvalue weighted by atomic mass is 10.0. The van der Waals surface area contributed by atoms with E-state index >= 15 is 0 Å². The van der Waals surface area contributed by atoms with Crippen LogP contribution in [-0.2, 0) is 14.3 Å². The van der Waals surface area contributed by atoms with Gasteiger partial charge in [0.15, 0.2) is 0 Å². The third-order valence-corrected chi connectivity index (χ3v) is 3.70. The first kappa shape index (κ1) is 14.8. The van der Waals surface area contributed by atoms with Gasteiger partial charge >= 0.3 is 0 Å². The first-order valence-electron chi connectivity index (χ1n) is 7.24. The van der Waals surface area contributed by atoms with Gasteiger partial charge in [-0.1, -0.05) is 0 Å². The van der Waals surface area contributed by atoms with Gasteiger partial charge in [0.25, 0.3) is 0 Å². The maximum absolute atomic E-state index is 12.0. The van der Waals surface area contributed by atoms with Gasteiger partial charge < -0.3 is 14.8 Å². The van der Waals surface area contributed by atoms with Crippen molar-refractivity contribution in [1.29, 1.82) is 0 Å². The standard InChI is InChI=1S/C14H26N2O3/c1-14(2,11-16-4-7-18-8-5-16)15-13(17)9-12-3-6-19-10-12/h12H,3-11H2,1-2H3,(H,15,17). The second-order valence-electron chi connectivity index (χ2n) is 6.25. The average Bonchev–Trinajstić information content (AvgIpc) is 2.81. The summed E-state index contributed by atoms with van der Waals surface area (Å²) in [6.07, 6.45) is 1.60. The van der Waals surface area contributed by atoms with Gasteiger partial charge in [0.05, 0.1) is 13.2 Å². The summed E-state index contributed by atoms with van der Waals surface area (Å²) >= 11 is 0. The zero-order valence-electron chi connectivity index (χ0n) is 12.1. The van der Waals surface area contributed by atoms with E-state index in [1.165, 1.54) is 0 Å². The molecule has 0 radical (unpaired) electrons. The molecular formula is C14H26N2O3. The second kappa shape index (κ2) is 6.68. The van der Waals surface area contributed by atoms with Gasteiger partial charge in [-0.25, -0.2) is 0 Å². The minimum Gasteiger partial charge on any atom is -0.381 e. The molecule has 19 heavy (non-hydrogen) atoms. The molecule has 2 aliphatic rings. The third-order valence-electron chi connectivity index (χ3n) is 3.70. The Morgan fingerprint density at radius 1 is 1.26 bits per heavy atom. The Bertz CT molecular complexity index is 295. The first-order valence-corrected chi connectivity index (χ1v) is 7.24. The fraction of sp³-hybridized carbons (Fsp3) is 0.929. The van der Waals surface area contributed by atoms with E-state index < -0.39 is 0 Å². The maximum Gasteiger partial charge on any atom is 0.220 e. The number of hydrogen-bond donors (Lipinski definition) is 1. The molecule has 0 spiro atoms. The number of carbonyl (C=O) groups excluding carboxylic acids is 1. The van der Waals surface area contributed by atoms with E-state index in [1.54, 1.807) is 0 Å². The highest BCUT2D eigenvalue weighted by Gasteiger charge is 2.26. The monoisotopic (exact) mass is 270 g/mol. The maximum atomic E-state index is 12.0. The molecule has 1 amide bonds. The Kier molecular flexibility index (Phi) is 5.19. The highest BCUT2D eigenvalue weighted by molar-refractivity contribution is 5.77. The highest BCUT2D eigenvalue weighted by Crippen LogP contribution is 2.17. The van der Waals surface area contributed by atoms with Crippen LogP contribution in [0.15, 0.2) is 0 Å². The number of nitrogens with zero attached hydrogens (tertiary/aromatic N) is 1. The Balaban J connectivity index is 1.73. The quantitative estimate of drug-likeness (QED) is 0.796. The Morgan fingerprint density at radius 2 is 2.00 bits per heavy atom. The summed E-state index contributed by atoms with van der Waals surface area (Å²) in [5.41, 5.74) is -0.187. The molecule has 0 aliphatic carbocycles. The molecule has 0 bridgehead atoms. The molecule has 2 saturated heterocycles. The summed E-state index contributed by atoms with van der Waals surface area (Å²) < 4.78 is 10.6. The largest absolute Gasteiger partial charge is 0.381 e. The molecule has 1 atom stereocenters. The number of ether oxygens (including phenoxy) is 2. The lowest BCUT2D eigenvalue weighted by Gasteiger charge is -2.35. The van der Waals surface area contributed by atoms with Crippen LogP contribution in [-0.4, -0.2) is 62.4 Å². The first-order chi connectivity index (χ1) is 9.05. The van der Waals surface area contributed by atoms with Gasteiger partial charge in [0.2, 0.25) is 5.91 Å². The number of carbonyl (C=O) groups is 1. The topological polar surface area (TPSA) is 50.8 Å². The van der Waals surface area contributed by atoms with Gasteiger partial charge in [-0.15, -0.1) is 0 Å². The van der Waals surface area contributed by atoms with Crippen LogP contribution < -0.4 is 5.32 Å².